The van der Waals surface area contributed by atoms with Crippen molar-refractivity contribution in [1.29, 1.82) is 0 Å². The Morgan fingerprint density at radius 2 is 2.05 bits per heavy atom. The van der Waals surface area contributed by atoms with Gasteiger partial charge in [0.25, 0.3) is 0 Å². The fraction of sp³-hybridized carbons (Fsp3) is 0.647. The Labute approximate surface area is 123 Å². The van der Waals surface area contributed by atoms with Crippen LogP contribution in [0.1, 0.15) is 30.9 Å². The van der Waals surface area contributed by atoms with Crippen molar-refractivity contribution in [2.24, 2.45) is 0 Å². The summed E-state index contributed by atoms with van der Waals surface area (Å²) < 4.78 is 5.86. The first kappa shape index (κ1) is 15.3. The second-order valence-electron chi connectivity index (χ2n) is 5.65. The number of rotatable bonds is 7. The summed E-state index contributed by atoms with van der Waals surface area (Å²) in [5.74, 6) is 1.08. The van der Waals surface area contributed by atoms with E-state index in [-0.39, 0.29) is 0 Å². The fourth-order valence-corrected chi connectivity index (χ4v) is 2.68. The quantitative estimate of drug-likeness (QED) is 0.828. The number of nitrogens with one attached hydrogen (secondary N) is 1. The second-order valence-corrected chi connectivity index (χ2v) is 5.65. The number of nitrogens with zero attached hydrogens (tertiary/aromatic N) is 1. The maximum absolute atomic E-state index is 5.86. The molecule has 0 amide bonds. The van der Waals surface area contributed by atoms with Gasteiger partial charge in [-0.3, -0.25) is 0 Å². The van der Waals surface area contributed by atoms with Gasteiger partial charge in [0.2, 0.25) is 0 Å². The molecule has 1 N–H and O–H groups in total. The number of hydrogen-bond donors (Lipinski definition) is 1. The molecule has 2 rings (SSSR count). The zero-order chi connectivity index (χ0) is 14.2. The monoisotopic (exact) mass is 276 g/mol. The average molecular weight is 276 g/mol. The van der Waals surface area contributed by atoms with Crippen LogP contribution in [0.4, 0.5) is 0 Å². The number of ether oxygens (including phenoxy) is 1. The minimum atomic E-state index is 0.813. The van der Waals surface area contributed by atoms with Gasteiger partial charge in [-0.15, -0.1) is 0 Å². The largest absolute Gasteiger partial charge is 0.493 e. The van der Waals surface area contributed by atoms with Crippen molar-refractivity contribution < 1.29 is 4.74 Å². The van der Waals surface area contributed by atoms with Gasteiger partial charge in [-0.1, -0.05) is 24.6 Å². The summed E-state index contributed by atoms with van der Waals surface area (Å²) in [6.45, 7) is 11.0. The van der Waals surface area contributed by atoms with Crippen molar-refractivity contribution in [3.8, 4) is 5.75 Å². The van der Waals surface area contributed by atoms with Crippen LogP contribution in [0.15, 0.2) is 18.2 Å². The Hall–Kier alpha value is -1.06. The first-order valence-electron chi connectivity index (χ1n) is 7.95. The van der Waals surface area contributed by atoms with Gasteiger partial charge in [-0.05, 0) is 44.4 Å². The van der Waals surface area contributed by atoms with E-state index < -0.39 is 0 Å². The molecular formula is C17H28N2O. The zero-order valence-corrected chi connectivity index (χ0v) is 13.0. The van der Waals surface area contributed by atoms with Crippen molar-refractivity contribution in [2.75, 3.05) is 39.3 Å². The highest BCUT2D eigenvalue weighted by Gasteiger charge is 2.10. The van der Waals surface area contributed by atoms with Gasteiger partial charge < -0.3 is 15.0 Å². The van der Waals surface area contributed by atoms with Crippen LogP contribution in [0.2, 0.25) is 0 Å². The van der Waals surface area contributed by atoms with Crippen molar-refractivity contribution in [2.45, 2.75) is 33.1 Å². The summed E-state index contributed by atoms with van der Waals surface area (Å²) in [6, 6.07) is 6.55. The number of hydrogen-bond acceptors (Lipinski definition) is 3. The molecule has 3 heteroatoms. The van der Waals surface area contributed by atoms with Gasteiger partial charge in [0, 0.05) is 26.2 Å². The van der Waals surface area contributed by atoms with Crippen LogP contribution >= 0.6 is 0 Å². The summed E-state index contributed by atoms with van der Waals surface area (Å²) in [5, 5.41) is 3.40. The van der Waals surface area contributed by atoms with Crippen LogP contribution in [0.3, 0.4) is 0 Å². The maximum Gasteiger partial charge on any atom is 0.122 e. The molecule has 0 unspecified atom stereocenters. The molecular weight excluding hydrogens is 248 g/mol. The zero-order valence-electron chi connectivity index (χ0n) is 13.0. The van der Waals surface area contributed by atoms with Crippen LogP contribution in [-0.4, -0.2) is 44.2 Å². The summed E-state index contributed by atoms with van der Waals surface area (Å²) in [5.41, 5.74) is 2.69. The molecule has 3 nitrogen and oxygen atoms in total. The summed E-state index contributed by atoms with van der Waals surface area (Å²) >= 11 is 0. The molecule has 1 fully saturated rings. The Bertz CT molecular complexity index is 400. The van der Waals surface area contributed by atoms with E-state index in [4.69, 9.17) is 4.74 Å². The van der Waals surface area contributed by atoms with E-state index in [0.29, 0.717) is 0 Å². The molecule has 0 radical (unpaired) electrons. The van der Waals surface area contributed by atoms with Gasteiger partial charge in [0.1, 0.15) is 5.75 Å². The Morgan fingerprint density at radius 3 is 2.80 bits per heavy atom. The maximum atomic E-state index is 5.86. The molecule has 1 aromatic rings. The molecule has 0 bridgehead atoms. The lowest BCUT2D eigenvalue weighted by atomic mass is 10.1. The minimum Gasteiger partial charge on any atom is -0.493 e. The molecule has 112 valence electrons. The number of aryl methyl sites for hydroxylation is 2. The van der Waals surface area contributed by atoms with E-state index in [1.165, 1.54) is 37.2 Å². The van der Waals surface area contributed by atoms with Crippen molar-refractivity contribution >= 4 is 0 Å². The normalized spacial score (nSPS) is 16.3. The van der Waals surface area contributed by atoms with Crippen LogP contribution in [0, 0.1) is 6.92 Å². The van der Waals surface area contributed by atoms with E-state index in [2.05, 4.69) is 42.3 Å². The Morgan fingerprint density at radius 1 is 1.25 bits per heavy atom. The van der Waals surface area contributed by atoms with Crippen molar-refractivity contribution in [3.05, 3.63) is 29.3 Å². The molecule has 0 aliphatic carbocycles. The summed E-state index contributed by atoms with van der Waals surface area (Å²) in [6.07, 6.45) is 3.39. The molecule has 1 aromatic carbocycles. The van der Waals surface area contributed by atoms with E-state index in [9.17, 15) is 0 Å². The van der Waals surface area contributed by atoms with Gasteiger partial charge >= 0.3 is 0 Å². The fourth-order valence-electron chi connectivity index (χ4n) is 2.68. The van der Waals surface area contributed by atoms with Crippen LogP contribution in [-0.2, 0) is 6.42 Å². The number of piperazine rings is 1. The van der Waals surface area contributed by atoms with Crippen molar-refractivity contribution in [3.63, 3.8) is 0 Å². The lowest BCUT2D eigenvalue weighted by molar-refractivity contribution is 0.238. The first-order chi connectivity index (χ1) is 9.79. The third-order valence-electron chi connectivity index (χ3n) is 3.81. The van der Waals surface area contributed by atoms with Crippen molar-refractivity contribution in [1.82, 2.24) is 10.2 Å². The molecule has 1 saturated heterocycles. The lowest BCUT2D eigenvalue weighted by Gasteiger charge is -2.27. The summed E-state index contributed by atoms with van der Waals surface area (Å²) in [4.78, 5) is 2.55. The van der Waals surface area contributed by atoms with Gasteiger partial charge in [0.15, 0.2) is 0 Å². The molecule has 0 spiro atoms. The topological polar surface area (TPSA) is 24.5 Å². The highest BCUT2D eigenvalue weighted by Crippen LogP contribution is 2.22. The van der Waals surface area contributed by atoms with Crippen LogP contribution in [0.5, 0.6) is 5.75 Å². The average Bonchev–Trinajstić information content (AvgIpc) is 2.47. The lowest BCUT2D eigenvalue weighted by Crippen LogP contribution is -2.43. The van der Waals surface area contributed by atoms with E-state index in [1.54, 1.807) is 0 Å². The minimum absolute atomic E-state index is 0.813. The highest BCUT2D eigenvalue weighted by atomic mass is 16.5. The van der Waals surface area contributed by atoms with Crippen LogP contribution in [0.25, 0.3) is 0 Å². The first-order valence-corrected chi connectivity index (χ1v) is 7.95. The molecule has 0 aromatic heterocycles. The Kier molecular flexibility index (Phi) is 6.34. The molecule has 0 atom stereocenters. The Balaban J connectivity index is 1.85. The predicted octanol–water partition coefficient (Wildman–Crippen LogP) is 2.62. The molecule has 1 heterocycles. The van der Waals surface area contributed by atoms with E-state index in [1.807, 2.05) is 0 Å². The number of benzene rings is 1. The second kappa shape index (κ2) is 8.28. The smallest absolute Gasteiger partial charge is 0.122 e. The highest BCUT2D eigenvalue weighted by molar-refractivity contribution is 5.37. The third kappa shape index (κ3) is 4.80. The molecule has 1 aliphatic heterocycles. The van der Waals surface area contributed by atoms with Gasteiger partial charge in [0.05, 0.1) is 6.61 Å². The predicted molar refractivity (Wildman–Crippen MR) is 84.6 cm³/mol. The van der Waals surface area contributed by atoms with Gasteiger partial charge in [-0.25, -0.2) is 0 Å². The molecule has 1 aliphatic rings. The standard InChI is InChI=1S/C17H28N2O/c1-3-13-20-17-7-6-15(2)14-16(17)5-4-10-19-11-8-18-9-12-19/h6-7,14,18H,3-5,8-13H2,1-2H3. The SMILES string of the molecule is CCCOc1ccc(C)cc1CCCN1CCNCC1. The van der Waals surface area contributed by atoms with Gasteiger partial charge in [-0.2, -0.15) is 0 Å². The summed E-state index contributed by atoms with van der Waals surface area (Å²) in [7, 11) is 0. The third-order valence-corrected chi connectivity index (χ3v) is 3.81. The van der Waals surface area contributed by atoms with E-state index >= 15 is 0 Å². The molecule has 20 heavy (non-hydrogen) atoms. The van der Waals surface area contributed by atoms with Crippen LogP contribution < -0.4 is 10.1 Å². The van der Waals surface area contributed by atoms with E-state index in [0.717, 1.165) is 38.3 Å². The molecule has 0 saturated carbocycles.